The molecule has 29 heavy (non-hydrogen) atoms. The summed E-state index contributed by atoms with van der Waals surface area (Å²) in [5.74, 6) is 0.498. The average Bonchev–Trinajstić information content (AvgIpc) is 3.15. The number of ether oxygens (including phenoxy) is 1. The molecule has 2 aromatic rings. The van der Waals surface area contributed by atoms with Crippen LogP contribution in [0, 0.1) is 0 Å². The van der Waals surface area contributed by atoms with Gasteiger partial charge in [0.2, 0.25) is 0 Å². The summed E-state index contributed by atoms with van der Waals surface area (Å²) in [5.41, 5.74) is 3.40. The van der Waals surface area contributed by atoms with Gasteiger partial charge in [0.25, 0.3) is 0 Å². The van der Waals surface area contributed by atoms with Crippen molar-refractivity contribution in [2.24, 2.45) is 5.10 Å². The number of urea groups is 1. The fourth-order valence-electron chi connectivity index (χ4n) is 3.50. The van der Waals surface area contributed by atoms with E-state index in [1.165, 1.54) is 17.4 Å². The Morgan fingerprint density at radius 3 is 2.83 bits per heavy atom. The smallest absolute Gasteiger partial charge is 0.347 e. The Hall–Kier alpha value is -3.13. The van der Waals surface area contributed by atoms with Crippen LogP contribution in [0.25, 0.3) is 0 Å². The number of carbonyl (C=O) groups is 1. The Balaban J connectivity index is 1.75. The quantitative estimate of drug-likeness (QED) is 0.779. The van der Waals surface area contributed by atoms with Gasteiger partial charge in [0, 0.05) is 5.56 Å². The number of nitrogens with one attached hydrogen (secondary N) is 1. The third-order valence-electron chi connectivity index (χ3n) is 4.81. The van der Waals surface area contributed by atoms with Crippen molar-refractivity contribution in [1.29, 1.82) is 0 Å². The highest BCUT2D eigenvalue weighted by Crippen LogP contribution is 2.44. The zero-order chi connectivity index (χ0) is 20.7. The molecule has 8 nitrogen and oxygen atoms in total. The van der Waals surface area contributed by atoms with E-state index in [9.17, 15) is 9.90 Å². The molecule has 0 bridgehead atoms. The molecule has 1 aliphatic carbocycles. The third-order valence-corrected chi connectivity index (χ3v) is 5.10. The average molecular weight is 414 g/mol. The number of hydrogen-bond donors (Lipinski definition) is 2. The summed E-state index contributed by atoms with van der Waals surface area (Å²) in [5, 5.41) is 18.4. The van der Waals surface area contributed by atoms with Crippen LogP contribution in [0.3, 0.4) is 0 Å². The Labute approximate surface area is 172 Å². The molecule has 0 radical (unpaired) electrons. The lowest BCUT2D eigenvalue weighted by Gasteiger charge is -2.25. The second-order valence-electron chi connectivity index (χ2n) is 7.21. The maximum Gasteiger partial charge on any atom is 0.347 e. The first-order chi connectivity index (χ1) is 13.8. The summed E-state index contributed by atoms with van der Waals surface area (Å²) in [6, 6.07) is 1.38. The number of hydrogen-bond acceptors (Lipinski definition) is 6. The van der Waals surface area contributed by atoms with Crippen LogP contribution in [0.4, 0.5) is 10.5 Å². The molecule has 0 fully saturated rings. The van der Waals surface area contributed by atoms with Crippen LogP contribution in [-0.2, 0) is 12.8 Å². The molecule has 0 saturated carbocycles. The highest BCUT2D eigenvalue weighted by molar-refractivity contribution is 6.32. The van der Waals surface area contributed by atoms with E-state index in [0.717, 1.165) is 30.4 Å². The molecular weight excluding hydrogens is 394 g/mol. The Kier molecular flexibility index (Phi) is 4.87. The van der Waals surface area contributed by atoms with Crippen molar-refractivity contribution in [2.45, 2.75) is 39.0 Å². The van der Waals surface area contributed by atoms with Gasteiger partial charge in [-0.05, 0) is 36.8 Å². The first-order valence-corrected chi connectivity index (χ1v) is 9.65. The molecule has 1 aromatic carbocycles. The number of benzene rings is 1. The van der Waals surface area contributed by atoms with Gasteiger partial charge in [-0.2, -0.15) is 20.1 Å². The van der Waals surface area contributed by atoms with Crippen LogP contribution in [0.1, 0.15) is 43.0 Å². The number of carbonyl (C=O) groups excluding carboxylic acids is 1. The zero-order valence-electron chi connectivity index (χ0n) is 16.1. The minimum Gasteiger partial charge on any atom is -0.504 e. The van der Waals surface area contributed by atoms with E-state index in [1.807, 2.05) is 13.8 Å². The number of rotatable bonds is 4. The molecule has 2 amide bonds. The van der Waals surface area contributed by atoms with Crippen LogP contribution in [-0.4, -0.2) is 27.3 Å². The molecule has 0 spiro atoms. The molecule has 2 heterocycles. The molecule has 9 heteroatoms. The van der Waals surface area contributed by atoms with Gasteiger partial charge in [-0.15, -0.1) is 0 Å². The fourth-order valence-corrected chi connectivity index (χ4v) is 3.76. The van der Waals surface area contributed by atoms with Crippen LogP contribution >= 0.6 is 11.6 Å². The highest BCUT2D eigenvalue weighted by Gasteiger charge is 2.29. The van der Waals surface area contributed by atoms with Gasteiger partial charge in [-0.3, -0.25) is 0 Å². The second-order valence-corrected chi connectivity index (χ2v) is 7.62. The minimum atomic E-state index is -0.389. The lowest BCUT2D eigenvalue weighted by atomic mass is 10.1. The fraction of sp³-hybridized carbons (Fsp3) is 0.300. The van der Waals surface area contributed by atoms with Gasteiger partial charge in [-0.1, -0.05) is 32.0 Å². The van der Waals surface area contributed by atoms with Crippen molar-refractivity contribution in [3.8, 4) is 17.5 Å². The topological polar surface area (TPSA) is 99.9 Å². The first-order valence-electron chi connectivity index (χ1n) is 9.27. The molecule has 0 saturated heterocycles. The van der Waals surface area contributed by atoms with Crippen LogP contribution < -0.4 is 15.1 Å². The number of allylic oxidation sites excluding steroid dienone is 1. The van der Waals surface area contributed by atoms with Gasteiger partial charge < -0.3 is 15.2 Å². The molecular formula is C20H20ClN5O3. The van der Waals surface area contributed by atoms with E-state index < -0.39 is 0 Å². The minimum absolute atomic E-state index is 0.00846. The molecule has 2 N–H and O–H groups in total. The number of hydrazone groups is 1. The first kappa shape index (κ1) is 19.2. The molecule has 0 atom stereocenters. The Bertz CT molecular complexity index is 1050. The molecule has 1 aliphatic heterocycles. The van der Waals surface area contributed by atoms with Crippen LogP contribution in [0.15, 0.2) is 29.6 Å². The summed E-state index contributed by atoms with van der Waals surface area (Å²) >= 11 is 6.53. The molecule has 4 rings (SSSR count). The summed E-state index contributed by atoms with van der Waals surface area (Å²) in [6.07, 6.45) is 5.22. The Morgan fingerprint density at radius 2 is 2.10 bits per heavy atom. The largest absolute Gasteiger partial charge is 0.504 e. The van der Waals surface area contributed by atoms with E-state index in [2.05, 4.69) is 27.0 Å². The molecule has 1 aromatic heterocycles. The van der Waals surface area contributed by atoms with E-state index in [4.69, 9.17) is 16.3 Å². The summed E-state index contributed by atoms with van der Waals surface area (Å²) in [6.45, 7) is 7.53. The van der Waals surface area contributed by atoms with Crippen molar-refractivity contribution in [3.63, 3.8) is 0 Å². The number of aromatic hydroxyl groups is 1. The van der Waals surface area contributed by atoms with Crippen LogP contribution in [0.2, 0.25) is 5.02 Å². The molecule has 2 aliphatic rings. The third kappa shape index (κ3) is 3.51. The van der Waals surface area contributed by atoms with Crippen molar-refractivity contribution >= 4 is 29.5 Å². The van der Waals surface area contributed by atoms with Gasteiger partial charge in [-0.25, -0.2) is 4.79 Å². The Morgan fingerprint density at radius 1 is 1.34 bits per heavy atom. The second kappa shape index (κ2) is 7.36. The van der Waals surface area contributed by atoms with E-state index in [-0.39, 0.29) is 23.7 Å². The normalized spacial score (nSPS) is 15.7. The molecule has 150 valence electrons. The number of nitrogens with zero attached hydrogens (tertiary/aromatic N) is 4. The van der Waals surface area contributed by atoms with Crippen molar-refractivity contribution in [3.05, 3.63) is 46.4 Å². The van der Waals surface area contributed by atoms with Gasteiger partial charge in [0.1, 0.15) is 0 Å². The molecule has 0 unspecified atom stereocenters. The van der Waals surface area contributed by atoms with E-state index in [0.29, 0.717) is 27.9 Å². The SMILES string of the molecule is C=C1C=NN(c2cc(Cl)c(Oc3ncc(O)c(C(C)C)n3)c3c2CCC3)C(=O)N1. The van der Waals surface area contributed by atoms with Crippen molar-refractivity contribution in [2.75, 3.05) is 5.01 Å². The van der Waals surface area contributed by atoms with E-state index >= 15 is 0 Å². The monoisotopic (exact) mass is 413 g/mol. The van der Waals surface area contributed by atoms with Gasteiger partial charge >= 0.3 is 12.0 Å². The van der Waals surface area contributed by atoms with Gasteiger partial charge in [0.15, 0.2) is 11.5 Å². The summed E-state index contributed by atoms with van der Waals surface area (Å²) < 4.78 is 5.95. The number of fused-ring (bicyclic) bond motifs is 1. The predicted molar refractivity (Wildman–Crippen MR) is 110 cm³/mol. The van der Waals surface area contributed by atoms with Crippen molar-refractivity contribution < 1.29 is 14.6 Å². The van der Waals surface area contributed by atoms with Gasteiger partial charge in [0.05, 0.1) is 34.5 Å². The lowest BCUT2D eigenvalue weighted by molar-refractivity contribution is 0.248. The predicted octanol–water partition coefficient (Wildman–Crippen LogP) is 4.27. The zero-order valence-corrected chi connectivity index (χ0v) is 16.8. The highest BCUT2D eigenvalue weighted by atomic mass is 35.5. The number of anilines is 1. The number of amides is 2. The summed E-state index contributed by atoms with van der Waals surface area (Å²) in [7, 11) is 0. The van der Waals surface area contributed by atoms with Crippen LogP contribution in [0.5, 0.6) is 17.5 Å². The number of halogens is 1. The lowest BCUT2D eigenvalue weighted by Crippen LogP contribution is -2.40. The summed E-state index contributed by atoms with van der Waals surface area (Å²) in [4.78, 5) is 20.7. The maximum absolute atomic E-state index is 12.3. The number of aromatic nitrogens is 2. The van der Waals surface area contributed by atoms with E-state index in [1.54, 1.807) is 6.07 Å². The van der Waals surface area contributed by atoms with Crippen molar-refractivity contribution in [1.82, 2.24) is 15.3 Å². The maximum atomic E-state index is 12.3. The standard InChI is InChI=1S/C20H20ClN5O3/c1-10(2)17-16(27)9-22-19(25-17)29-18-13-6-4-5-12(13)15(7-14(18)21)26-20(28)24-11(3)8-23-26/h7-10,27H,3-6H2,1-2H3,(H,24,28).